The smallest absolute Gasteiger partial charge is 0.384 e. The summed E-state index contributed by atoms with van der Waals surface area (Å²) in [5.41, 5.74) is -1.83. The van der Waals surface area contributed by atoms with E-state index in [9.17, 15) is 32.9 Å². The van der Waals surface area contributed by atoms with Gasteiger partial charge in [0.2, 0.25) is 5.91 Å². The van der Waals surface area contributed by atoms with E-state index in [4.69, 9.17) is 4.74 Å². The molecule has 2 N–H and O–H groups in total. The van der Waals surface area contributed by atoms with Crippen molar-refractivity contribution in [3.05, 3.63) is 62.4 Å². The molecule has 1 saturated heterocycles. The van der Waals surface area contributed by atoms with Crippen molar-refractivity contribution in [3.8, 4) is 0 Å². The first-order chi connectivity index (χ1) is 19.6. The van der Waals surface area contributed by atoms with Gasteiger partial charge in [-0.15, -0.1) is 11.8 Å². The number of carbonyl (C=O) groups is 1. The number of carbonyl (C=O) groups excluding carboxylic acids is 1. The first-order valence-electron chi connectivity index (χ1n) is 13.5. The minimum absolute atomic E-state index is 0.00296. The normalized spacial score (nSPS) is 16.1. The SMILES string of the molecule is COCCSCC(=O)N1CCN(c2cc(=O)cc[nH]2)CC1.O=[N+]([O-])c1ccc(NC2CCCCC2)cc1C(F)(F)F. The van der Waals surface area contributed by atoms with Gasteiger partial charge in [0.15, 0.2) is 5.43 Å². The van der Waals surface area contributed by atoms with E-state index in [0.717, 1.165) is 68.9 Å². The molecule has 1 aromatic carbocycles. The Hall–Kier alpha value is -3.26. The number of pyridine rings is 1. The third kappa shape index (κ3) is 10.3. The number of aromatic amines is 1. The Morgan fingerprint density at radius 1 is 1.15 bits per heavy atom. The van der Waals surface area contributed by atoms with Crippen LogP contribution in [-0.4, -0.2) is 78.2 Å². The first-order valence-corrected chi connectivity index (χ1v) is 14.6. The largest absolute Gasteiger partial charge is 0.423 e. The maximum Gasteiger partial charge on any atom is 0.423 e. The average molecular weight is 600 g/mol. The van der Waals surface area contributed by atoms with Crippen molar-refractivity contribution in [2.45, 2.75) is 44.3 Å². The van der Waals surface area contributed by atoms with Crippen LogP contribution in [0.3, 0.4) is 0 Å². The van der Waals surface area contributed by atoms with Crippen LogP contribution in [0.5, 0.6) is 0 Å². The molecule has 14 heteroatoms. The van der Waals surface area contributed by atoms with E-state index in [0.29, 0.717) is 25.4 Å². The predicted octanol–water partition coefficient (Wildman–Crippen LogP) is 4.76. The number of amides is 1. The zero-order chi connectivity index (χ0) is 29.8. The number of hydrogen-bond donors (Lipinski definition) is 2. The van der Waals surface area contributed by atoms with Crippen LogP contribution in [-0.2, 0) is 15.7 Å². The Bertz CT molecular complexity index is 1200. The van der Waals surface area contributed by atoms with Gasteiger partial charge in [0.05, 0.1) is 17.3 Å². The summed E-state index contributed by atoms with van der Waals surface area (Å²) in [4.78, 5) is 40.1. The van der Waals surface area contributed by atoms with Crippen LogP contribution in [0, 0.1) is 10.1 Å². The molecule has 4 rings (SSSR count). The molecule has 2 aromatic rings. The maximum atomic E-state index is 12.8. The second-order valence-electron chi connectivity index (χ2n) is 9.79. The van der Waals surface area contributed by atoms with Crippen LogP contribution in [0.2, 0.25) is 0 Å². The highest BCUT2D eigenvalue weighted by molar-refractivity contribution is 7.99. The second kappa shape index (κ2) is 15.7. The lowest BCUT2D eigenvalue weighted by Crippen LogP contribution is -2.49. The number of nitrogens with one attached hydrogen (secondary N) is 2. The Labute approximate surface area is 240 Å². The molecule has 1 saturated carbocycles. The van der Waals surface area contributed by atoms with Crippen molar-refractivity contribution in [2.24, 2.45) is 0 Å². The topological polar surface area (TPSA) is 121 Å². The number of nitro benzene ring substituents is 1. The van der Waals surface area contributed by atoms with Gasteiger partial charge in [-0.3, -0.25) is 19.7 Å². The fourth-order valence-corrected chi connectivity index (χ4v) is 5.49. The monoisotopic (exact) mass is 599 g/mol. The maximum absolute atomic E-state index is 12.8. The van der Waals surface area contributed by atoms with Crippen LogP contribution in [0.4, 0.5) is 30.4 Å². The number of alkyl halides is 3. The van der Waals surface area contributed by atoms with Gasteiger partial charge in [0.25, 0.3) is 5.69 Å². The molecule has 1 amide bonds. The van der Waals surface area contributed by atoms with E-state index in [1.54, 1.807) is 31.1 Å². The standard InChI is InChI=1S/C14H21N3O3S.C13H15F3N2O2/c1-20-8-9-21-11-14(19)17-6-4-16(5-7-17)13-10-12(18)2-3-15-13;14-13(15,16)11-8-10(6-7-12(11)18(19)20)17-9-4-2-1-3-5-9/h2-3,10H,4-9,11H2,1H3,(H,15,18);6-9,17H,1-5H2. The number of H-pyrrole nitrogens is 1. The van der Waals surface area contributed by atoms with Gasteiger partial charge < -0.3 is 24.8 Å². The minimum atomic E-state index is -4.73. The number of thioether (sulfide) groups is 1. The predicted molar refractivity (Wildman–Crippen MR) is 154 cm³/mol. The van der Waals surface area contributed by atoms with Gasteiger partial charge in [-0.1, -0.05) is 19.3 Å². The third-order valence-corrected chi connectivity index (χ3v) is 7.77. The van der Waals surface area contributed by atoms with E-state index in [2.05, 4.69) is 15.2 Å². The second-order valence-corrected chi connectivity index (χ2v) is 10.9. The molecule has 226 valence electrons. The quantitative estimate of drug-likeness (QED) is 0.241. The fraction of sp³-hybridized carbons (Fsp3) is 0.556. The van der Waals surface area contributed by atoms with Gasteiger partial charge in [0, 0.05) is 75.2 Å². The van der Waals surface area contributed by atoms with Gasteiger partial charge in [-0.25, -0.2) is 0 Å². The van der Waals surface area contributed by atoms with Crippen molar-refractivity contribution in [2.75, 3.05) is 61.6 Å². The molecular formula is C27H36F3N5O5S. The van der Waals surface area contributed by atoms with Crippen molar-refractivity contribution >= 4 is 34.9 Å². The molecule has 41 heavy (non-hydrogen) atoms. The number of nitro groups is 1. The molecule has 0 bridgehead atoms. The number of aromatic nitrogens is 1. The van der Waals surface area contributed by atoms with Crippen molar-refractivity contribution in [3.63, 3.8) is 0 Å². The Balaban J connectivity index is 0.000000226. The molecule has 10 nitrogen and oxygen atoms in total. The summed E-state index contributed by atoms with van der Waals surface area (Å²) in [6.45, 7) is 3.55. The zero-order valence-corrected chi connectivity index (χ0v) is 23.8. The molecule has 2 heterocycles. The summed E-state index contributed by atoms with van der Waals surface area (Å²) in [6.07, 6.45) is 2.00. The summed E-state index contributed by atoms with van der Waals surface area (Å²) in [6, 6.07) is 6.31. The summed E-state index contributed by atoms with van der Waals surface area (Å²) in [5, 5.41) is 13.7. The molecule has 1 aliphatic heterocycles. The lowest BCUT2D eigenvalue weighted by molar-refractivity contribution is -0.388. The number of benzene rings is 1. The van der Waals surface area contributed by atoms with E-state index in [1.807, 2.05) is 4.90 Å². The molecule has 0 spiro atoms. The lowest BCUT2D eigenvalue weighted by atomic mass is 9.95. The summed E-state index contributed by atoms with van der Waals surface area (Å²) < 4.78 is 43.5. The molecule has 2 aliphatic rings. The number of hydrogen-bond acceptors (Lipinski definition) is 8. The van der Waals surface area contributed by atoms with Crippen molar-refractivity contribution < 1.29 is 27.6 Å². The van der Waals surface area contributed by atoms with Gasteiger partial charge in [0.1, 0.15) is 11.4 Å². The molecule has 1 aromatic heterocycles. The highest BCUT2D eigenvalue weighted by Crippen LogP contribution is 2.38. The number of anilines is 2. The van der Waals surface area contributed by atoms with Crippen LogP contribution in [0.15, 0.2) is 41.3 Å². The van der Waals surface area contributed by atoms with Crippen LogP contribution in [0.25, 0.3) is 0 Å². The van der Waals surface area contributed by atoms with E-state index in [-0.39, 0.29) is 23.1 Å². The van der Waals surface area contributed by atoms with E-state index >= 15 is 0 Å². The van der Waals surface area contributed by atoms with Crippen LogP contribution >= 0.6 is 11.8 Å². The van der Waals surface area contributed by atoms with Gasteiger partial charge >= 0.3 is 6.18 Å². The minimum Gasteiger partial charge on any atom is -0.384 e. The Morgan fingerprint density at radius 2 is 1.85 bits per heavy atom. The summed E-state index contributed by atoms with van der Waals surface area (Å²) >= 11 is 1.60. The molecule has 1 aliphatic carbocycles. The molecule has 0 radical (unpaired) electrons. The first kappa shape index (κ1) is 32.3. The highest BCUT2D eigenvalue weighted by atomic mass is 32.2. The number of halogens is 3. The Morgan fingerprint density at radius 3 is 2.46 bits per heavy atom. The van der Waals surface area contributed by atoms with Gasteiger partial charge in [-0.05, 0) is 25.0 Å². The van der Waals surface area contributed by atoms with Crippen molar-refractivity contribution in [1.82, 2.24) is 9.88 Å². The number of methoxy groups -OCH3 is 1. The third-order valence-electron chi connectivity index (χ3n) is 6.86. The van der Waals surface area contributed by atoms with Crippen molar-refractivity contribution in [1.29, 1.82) is 0 Å². The summed E-state index contributed by atoms with van der Waals surface area (Å²) in [7, 11) is 1.66. The fourth-order valence-electron chi connectivity index (χ4n) is 4.70. The highest BCUT2D eigenvalue weighted by Gasteiger charge is 2.38. The molecular weight excluding hydrogens is 563 g/mol. The van der Waals surface area contributed by atoms with E-state index in [1.165, 1.54) is 12.1 Å². The summed E-state index contributed by atoms with van der Waals surface area (Å²) in [5.74, 6) is 2.35. The van der Waals surface area contributed by atoms with Gasteiger partial charge in [-0.2, -0.15) is 13.2 Å². The number of ether oxygens (including phenoxy) is 1. The van der Waals surface area contributed by atoms with Crippen LogP contribution in [0.1, 0.15) is 37.7 Å². The van der Waals surface area contributed by atoms with E-state index < -0.39 is 22.4 Å². The molecule has 0 unspecified atom stereocenters. The molecule has 0 atom stereocenters. The lowest BCUT2D eigenvalue weighted by Gasteiger charge is -2.35. The van der Waals surface area contributed by atoms with Crippen LogP contribution < -0.4 is 15.6 Å². The molecule has 2 fully saturated rings. The Kier molecular flexibility index (Phi) is 12.3. The zero-order valence-electron chi connectivity index (χ0n) is 23.0. The number of nitrogens with zero attached hydrogens (tertiary/aromatic N) is 3. The number of piperazine rings is 1. The number of rotatable bonds is 9. The average Bonchev–Trinajstić information content (AvgIpc) is 2.95.